The highest BCUT2D eigenvalue weighted by atomic mass is 35.5. The fraction of sp³-hybridized carbons (Fsp3) is 0.429. The number of hydrogen-bond donors (Lipinski definition) is 1. The zero-order chi connectivity index (χ0) is 20.1. The third-order valence-electron chi connectivity index (χ3n) is 5.82. The molecule has 0 radical (unpaired) electrons. The van der Waals surface area contributed by atoms with Gasteiger partial charge in [-0.05, 0) is 61.6 Å². The Balaban J connectivity index is 0.00000240. The second kappa shape index (κ2) is 7.61. The van der Waals surface area contributed by atoms with Crippen molar-refractivity contribution in [2.75, 3.05) is 13.6 Å². The highest BCUT2D eigenvalue weighted by Crippen LogP contribution is 2.39. The molecule has 2 aliphatic heterocycles. The molecule has 29 heavy (non-hydrogen) atoms. The lowest BCUT2D eigenvalue weighted by Crippen LogP contribution is -2.47. The van der Waals surface area contributed by atoms with E-state index >= 15 is 0 Å². The number of hydrogen-bond acceptors (Lipinski definition) is 3. The van der Waals surface area contributed by atoms with Crippen molar-refractivity contribution in [1.29, 1.82) is 0 Å². The Morgan fingerprint density at radius 3 is 2.41 bits per heavy atom. The van der Waals surface area contributed by atoms with E-state index in [0.29, 0.717) is 5.56 Å². The van der Waals surface area contributed by atoms with E-state index in [0.717, 1.165) is 54.9 Å². The number of pyridine rings is 1. The van der Waals surface area contributed by atoms with Crippen molar-refractivity contribution < 1.29 is 18.0 Å². The van der Waals surface area contributed by atoms with Crippen LogP contribution in [0.4, 0.5) is 13.2 Å². The number of benzene rings is 1. The van der Waals surface area contributed by atoms with E-state index in [2.05, 4.69) is 10.3 Å². The van der Waals surface area contributed by atoms with Crippen LogP contribution in [0.2, 0.25) is 0 Å². The molecule has 2 atom stereocenters. The van der Waals surface area contributed by atoms with Crippen LogP contribution in [-0.2, 0) is 11.0 Å². The van der Waals surface area contributed by atoms with Crippen LogP contribution in [0, 0.1) is 6.92 Å². The lowest BCUT2D eigenvalue weighted by atomic mass is 9.96. The molecule has 8 heteroatoms. The van der Waals surface area contributed by atoms with Gasteiger partial charge in [0, 0.05) is 19.3 Å². The average molecular weight is 426 g/mol. The maximum Gasteiger partial charge on any atom is 0.416 e. The van der Waals surface area contributed by atoms with E-state index in [1.54, 1.807) is 4.90 Å². The van der Waals surface area contributed by atoms with Crippen molar-refractivity contribution in [2.45, 2.75) is 43.9 Å². The minimum atomic E-state index is -4.35. The first-order valence-corrected chi connectivity index (χ1v) is 9.37. The Labute approximate surface area is 173 Å². The van der Waals surface area contributed by atoms with E-state index < -0.39 is 17.3 Å². The van der Waals surface area contributed by atoms with E-state index in [1.807, 2.05) is 26.1 Å². The van der Waals surface area contributed by atoms with E-state index in [9.17, 15) is 18.0 Å². The number of nitrogens with zero attached hydrogens (tertiary/aromatic N) is 2. The van der Waals surface area contributed by atoms with Crippen LogP contribution >= 0.6 is 12.4 Å². The molecule has 0 saturated carbocycles. The molecule has 3 heterocycles. The molecule has 0 unspecified atom stereocenters. The van der Waals surface area contributed by atoms with Gasteiger partial charge in [0.25, 0.3) is 0 Å². The first-order valence-electron chi connectivity index (χ1n) is 9.37. The summed E-state index contributed by atoms with van der Waals surface area (Å²) in [6.07, 6.45) is -1.98. The number of alkyl halides is 3. The van der Waals surface area contributed by atoms with Gasteiger partial charge in [-0.15, -0.1) is 12.4 Å². The Hall–Kier alpha value is -2.12. The van der Waals surface area contributed by atoms with Crippen molar-refractivity contribution in [3.05, 3.63) is 53.3 Å². The van der Waals surface area contributed by atoms with Crippen LogP contribution in [0.25, 0.3) is 11.1 Å². The number of aryl methyl sites for hydroxylation is 1. The molecule has 2 saturated heterocycles. The van der Waals surface area contributed by atoms with Crippen LogP contribution < -0.4 is 5.32 Å². The summed E-state index contributed by atoms with van der Waals surface area (Å²) in [5, 5.41) is 3.50. The van der Waals surface area contributed by atoms with Crippen LogP contribution in [0.3, 0.4) is 0 Å². The van der Waals surface area contributed by atoms with E-state index in [-0.39, 0.29) is 24.4 Å². The number of carbonyl (C=O) groups is 1. The van der Waals surface area contributed by atoms with Crippen LogP contribution in [0.1, 0.15) is 42.3 Å². The molecular formula is C21H23ClF3N3O. The molecule has 1 spiro atoms. The third-order valence-corrected chi connectivity index (χ3v) is 5.82. The summed E-state index contributed by atoms with van der Waals surface area (Å²) in [7, 11) is 1.82. The largest absolute Gasteiger partial charge is 0.416 e. The number of aromatic nitrogens is 1. The Bertz CT molecular complexity index is 916. The number of amides is 1. The van der Waals surface area contributed by atoms with Crippen molar-refractivity contribution in [3.8, 4) is 11.1 Å². The second-order valence-corrected chi connectivity index (χ2v) is 7.79. The van der Waals surface area contributed by atoms with Gasteiger partial charge >= 0.3 is 6.18 Å². The van der Waals surface area contributed by atoms with E-state index in [1.165, 1.54) is 12.1 Å². The molecule has 2 aliphatic rings. The van der Waals surface area contributed by atoms with Crippen molar-refractivity contribution in [3.63, 3.8) is 0 Å². The maximum absolute atomic E-state index is 12.8. The number of nitrogens with one attached hydrogen (secondary N) is 1. The topological polar surface area (TPSA) is 45.2 Å². The molecular weight excluding hydrogens is 403 g/mol. The zero-order valence-corrected chi connectivity index (χ0v) is 17.0. The maximum atomic E-state index is 12.8. The molecule has 156 valence electrons. The highest BCUT2D eigenvalue weighted by Gasteiger charge is 2.50. The molecule has 2 fully saturated rings. The predicted octanol–water partition coefficient (Wildman–Crippen LogP) is 4.52. The first-order chi connectivity index (χ1) is 13.2. The second-order valence-electron chi connectivity index (χ2n) is 7.79. The molecule has 1 aromatic heterocycles. The van der Waals surface area contributed by atoms with Gasteiger partial charge in [-0.3, -0.25) is 15.1 Å². The minimum absolute atomic E-state index is 0. The highest BCUT2D eigenvalue weighted by molar-refractivity contribution is 5.88. The SMILES string of the molecule is Cc1cc(-c2ccc(C(F)(F)F)cc2)cc([C@@H]2CC[C@@]3(CCN(C)C3=O)N2)n1.Cl. The standard InChI is InChI=1S/C21H22F3N3O.ClH/c1-13-11-15(14-3-5-16(6-4-14)21(22,23)24)12-18(25-13)17-7-8-20(26-17)9-10-27(2)19(20)28;/h3-6,11-12,17,26H,7-10H2,1-2H3;1H/t17-,20-;/m0./s1. The summed E-state index contributed by atoms with van der Waals surface area (Å²) in [6, 6.07) is 8.91. The fourth-order valence-electron chi connectivity index (χ4n) is 4.28. The molecule has 1 N–H and O–H groups in total. The number of likely N-dealkylation sites (N-methyl/N-ethyl adjacent to an activating group) is 1. The minimum Gasteiger partial charge on any atom is -0.344 e. The van der Waals surface area contributed by atoms with Gasteiger partial charge < -0.3 is 4.90 Å². The quantitative estimate of drug-likeness (QED) is 0.769. The summed E-state index contributed by atoms with van der Waals surface area (Å²) < 4.78 is 38.4. The summed E-state index contributed by atoms with van der Waals surface area (Å²) in [5.74, 6) is 0.130. The molecule has 4 nitrogen and oxygen atoms in total. The number of carbonyl (C=O) groups excluding carboxylic acids is 1. The van der Waals surface area contributed by atoms with Gasteiger partial charge in [-0.25, -0.2) is 0 Å². The van der Waals surface area contributed by atoms with Gasteiger partial charge in [-0.2, -0.15) is 13.2 Å². The lowest BCUT2D eigenvalue weighted by Gasteiger charge is -2.23. The molecule has 4 rings (SSSR count). The zero-order valence-electron chi connectivity index (χ0n) is 16.2. The number of halogens is 4. The van der Waals surface area contributed by atoms with Crippen molar-refractivity contribution in [1.82, 2.24) is 15.2 Å². The van der Waals surface area contributed by atoms with Crippen LogP contribution in [0.5, 0.6) is 0 Å². The fourth-order valence-corrected chi connectivity index (χ4v) is 4.28. The van der Waals surface area contributed by atoms with Gasteiger partial charge in [0.2, 0.25) is 5.91 Å². The monoisotopic (exact) mass is 425 g/mol. The normalized spacial score (nSPS) is 24.2. The summed E-state index contributed by atoms with van der Waals surface area (Å²) in [4.78, 5) is 18.9. The molecule has 1 aromatic carbocycles. The van der Waals surface area contributed by atoms with Gasteiger partial charge in [0.1, 0.15) is 5.54 Å². The summed E-state index contributed by atoms with van der Waals surface area (Å²) in [6.45, 7) is 2.62. The predicted molar refractivity (Wildman–Crippen MR) is 107 cm³/mol. The Morgan fingerprint density at radius 2 is 1.83 bits per heavy atom. The van der Waals surface area contributed by atoms with Crippen LogP contribution in [-0.4, -0.2) is 34.9 Å². The van der Waals surface area contributed by atoms with E-state index in [4.69, 9.17) is 0 Å². The number of rotatable bonds is 2. The van der Waals surface area contributed by atoms with Gasteiger partial charge in [0.05, 0.1) is 17.3 Å². The van der Waals surface area contributed by atoms with Crippen molar-refractivity contribution >= 4 is 18.3 Å². The Morgan fingerprint density at radius 1 is 1.14 bits per heavy atom. The van der Waals surface area contributed by atoms with Crippen molar-refractivity contribution in [2.24, 2.45) is 0 Å². The average Bonchev–Trinajstić information content (AvgIpc) is 3.21. The molecule has 0 bridgehead atoms. The smallest absolute Gasteiger partial charge is 0.344 e. The van der Waals surface area contributed by atoms with Gasteiger partial charge in [-0.1, -0.05) is 12.1 Å². The summed E-state index contributed by atoms with van der Waals surface area (Å²) >= 11 is 0. The third kappa shape index (κ3) is 3.98. The lowest BCUT2D eigenvalue weighted by molar-refractivity contribution is -0.137. The first kappa shape index (κ1) is 21.6. The molecule has 0 aliphatic carbocycles. The van der Waals surface area contributed by atoms with Gasteiger partial charge in [0.15, 0.2) is 0 Å². The molecule has 2 aromatic rings. The summed E-state index contributed by atoms with van der Waals surface area (Å²) in [5.41, 5.74) is 2.00. The number of likely N-dealkylation sites (tertiary alicyclic amines) is 1. The van der Waals surface area contributed by atoms with Crippen LogP contribution in [0.15, 0.2) is 36.4 Å². The molecule has 1 amide bonds. The Kier molecular flexibility index (Phi) is 5.66.